The lowest BCUT2D eigenvalue weighted by Crippen LogP contribution is -2.25. The van der Waals surface area contributed by atoms with Crippen molar-refractivity contribution < 1.29 is 23.8 Å². The van der Waals surface area contributed by atoms with Crippen LogP contribution in [0.15, 0.2) is 61.2 Å². The Bertz CT molecular complexity index is 971. The summed E-state index contributed by atoms with van der Waals surface area (Å²) in [5.41, 5.74) is 0.451. The maximum absolute atomic E-state index is 12.6. The van der Waals surface area contributed by atoms with Crippen LogP contribution in [0.4, 0.5) is 0 Å². The predicted octanol–water partition coefficient (Wildman–Crippen LogP) is 8.71. The van der Waals surface area contributed by atoms with Gasteiger partial charge >= 0.3 is 11.9 Å². The third kappa shape index (κ3) is 10.4. The van der Waals surface area contributed by atoms with E-state index in [4.69, 9.17) is 14.2 Å². The Labute approximate surface area is 228 Å². The van der Waals surface area contributed by atoms with Crippen LogP contribution in [0.2, 0.25) is 0 Å². The van der Waals surface area contributed by atoms with Crippen LogP contribution in [-0.4, -0.2) is 18.5 Å². The minimum atomic E-state index is -0.443. The zero-order chi connectivity index (χ0) is 27.0. The highest BCUT2D eigenvalue weighted by Crippen LogP contribution is 2.33. The molecular weight excluding hydrogens is 476 g/mol. The third-order valence-electron chi connectivity index (χ3n) is 7.31. The standard InChI is InChI=1S/C33H44O5/c1-3-5-7-8-9-11-25-36-29-19-17-28(18-20-29)33(35)38-31-23-21-30(22-24-31)37-32(34)27-15-13-26(14-16-27)12-10-6-4-2/h4,17-24,26-27H,2-3,5-16,25H2,1H3. The van der Waals surface area contributed by atoms with E-state index < -0.39 is 5.97 Å². The van der Waals surface area contributed by atoms with Crippen molar-refractivity contribution >= 4 is 11.9 Å². The number of rotatable bonds is 16. The molecule has 0 saturated heterocycles. The molecule has 0 heterocycles. The molecule has 1 aliphatic rings. The van der Waals surface area contributed by atoms with E-state index in [9.17, 15) is 9.59 Å². The molecule has 0 radical (unpaired) electrons. The summed E-state index contributed by atoms with van der Waals surface area (Å²) in [6.45, 7) is 6.69. The van der Waals surface area contributed by atoms with E-state index in [1.165, 1.54) is 44.9 Å². The van der Waals surface area contributed by atoms with Gasteiger partial charge in [0.25, 0.3) is 0 Å². The van der Waals surface area contributed by atoms with Gasteiger partial charge in [-0.1, -0.05) is 51.5 Å². The molecule has 38 heavy (non-hydrogen) atoms. The molecule has 0 spiro atoms. The first-order chi connectivity index (χ1) is 18.6. The summed E-state index contributed by atoms with van der Waals surface area (Å²) >= 11 is 0. The number of allylic oxidation sites excluding steroid dienone is 1. The number of ether oxygens (including phenoxy) is 3. The van der Waals surface area contributed by atoms with Crippen LogP contribution in [-0.2, 0) is 4.79 Å². The zero-order valence-electron chi connectivity index (χ0n) is 23.0. The molecule has 2 aromatic carbocycles. The summed E-state index contributed by atoms with van der Waals surface area (Å²) < 4.78 is 16.9. The van der Waals surface area contributed by atoms with Crippen molar-refractivity contribution in [3.05, 3.63) is 66.7 Å². The highest BCUT2D eigenvalue weighted by Gasteiger charge is 2.27. The van der Waals surface area contributed by atoms with Crippen LogP contribution in [0.25, 0.3) is 0 Å². The van der Waals surface area contributed by atoms with Gasteiger partial charge in [-0.2, -0.15) is 0 Å². The van der Waals surface area contributed by atoms with Crippen LogP contribution < -0.4 is 14.2 Å². The van der Waals surface area contributed by atoms with E-state index in [0.29, 0.717) is 29.6 Å². The van der Waals surface area contributed by atoms with Crippen molar-refractivity contribution in [2.75, 3.05) is 6.61 Å². The molecule has 3 rings (SSSR count). The lowest BCUT2D eigenvalue weighted by molar-refractivity contribution is -0.140. The number of carbonyl (C=O) groups excluding carboxylic acids is 2. The van der Waals surface area contributed by atoms with Gasteiger partial charge in [-0.3, -0.25) is 4.79 Å². The van der Waals surface area contributed by atoms with Gasteiger partial charge in [-0.15, -0.1) is 6.58 Å². The molecule has 1 fully saturated rings. The summed E-state index contributed by atoms with van der Waals surface area (Å²) in [5, 5.41) is 0. The third-order valence-corrected chi connectivity index (χ3v) is 7.31. The Morgan fingerprint density at radius 1 is 0.789 bits per heavy atom. The molecule has 0 unspecified atom stereocenters. The Balaban J connectivity index is 1.37. The molecule has 0 N–H and O–H groups in total. The van der Waals surface area contributed by atoms with Crippen LogP contribution >= 0.6 is 0 Å². The van der Waals surface area contributed by atoms with Crippen LogP contribution in [0.5, 0.6) is 17.2 Å². The minimum absolute atomic E-state index is 0.0408. The first-order valence-corrected chi connectivity index (χ1v) is 14.5. The van der Waals surface area contributed by atoms with Gasteiger partial charge in [0.2, 0.25) is 0 Å². The summed E-state index contributed by atoms with van der Waals surface area (Å²) in [6, 6.07) is 13.6. The van der Waals surface area contributed by atoms with Crippen molar-refractivity contribution in [1.29, 1.82) is 0 Å². The van der Waals surface area contributed by atoms with E-state index in [1.54, 1.807) is 48.5 Å². The molecule has 0 atom stereocenters. The van der Waals surface area contributed by atoms with Gasteiger partial charge in [-0.25, -0.2) is 4.79 Å². The largest absolute Gasteiger partial charge is 0.494 e. The number of benzene rings is 2. The monoisotopic (exact) mass is 520 g/mol. The number of unbranched alkanes of at least 4 members (excludes halogenated alkanes) is 6. The van der Waals surface area contributed by atoms with Crippen molar-refractivity contribution in [3.8, 4) is 17.2 Å². The fourth-order valence-corrected chi connectivity index (χ4v) is 4.94. The number of hydrogen-bond donors (Lipinski definition) is 0. The summed E-state index contributed by atoms with van der Waals surface area (Å²) in [7, 11) is 0. The van der Waals surface area contributed by atoms with Gasteiger partial charge < -0.3 is 14.2 Å². The molecule has 5 heteroatoms. The van der Waals surface area contributed by atoms with Crippen LogP contribution in [0, 0.1) is 11.8 Å². The lowest BCUT2D eigenvalue weighted by atomic mass is 9.80. The van der Waals surface area contributed by atoms with Crippen molar-refractivity contribution in [3.63, 3.8) is 0 Å². The SMILES string of the molecule is C=CCCCC1CCC(C(=O)Oc2ccc(OC(=O)c3ccc(OCCCCCCCC)cc3)cc2)CC1. The Kier molecular flexibility index (Phi) is 13.0. The van der Waals surface area contributed by atoms with Gasteiger partial charge in [0, 0.05) is 0 Å². The van der Waals surface area contributed by atoms with Crippen molar-refractivity contribution in [2.24, 2.45) is 11.8 Å². The second kappa shape index (κ2) is 16.7. The maximum atomic E-state index is 12.6. The first-order valence-electron chi connectivity index (χ1n) is 14.5. The first kappa shape index (κ1) is 29.5. The quantitative estimate of drug-likeness (QED) is 0.0958. The second-order valence-electron chi connectivity index (χ2n) is 10.4. The fraction of sp³-hybridized carbons (Fsp3) is 0.515. The lowest BCUT2D eigenvalue weighted by Gasteiger charge is -2.27. The topological polar surface area (TPSA) is 61.8 Å². The number of carbonyl (C=O) groups is 2. The zero-order valence-corrected chi connectivity index (χ0v) is 23.0. The molecule has 2 aromatic rings. The van der Waals surface area contributed by atoms with Gasteiger partial charge in [-0.05, 0) is 99.4 Å². The molecule has 0 aliphatic heterocycles. The average molecular weight is 521 g/mol. The second-order valence-corrected chi connectivity index (χ2v) is 10.4. The molecule has 0 aromatic heterocycles. The van der Waals surface area contributed by atoms with Gasteiger partial charge in [0.15, 0.2) is 0 Å². The van der Waals surface area contributed by atoms with Crippen LogP contribution in [0.3, 0.4) is 0 Å². The highest BCUT2D eigenvalue weighted by atomic mass is 16.5. The molecule has 0 bridgehead atoms. The highest BCUT2D eigenvalue weighted by molar-refractivity contribution is 5.91. The molecule has 1 aliphatic carbocycles. The summed E-state index contributed by atoms with van der Waals surface area (Å²) in [6.07, 6.45) is 16.7. The minimum Gasteiger partial charge on any atom is -0.494 e. The fourth-order valence-electron chi connectivity index (χ4n) is 4.94. The predicted molar refractivity (Wildman–Crippen MR) is 152 cm³/mol. The maximum Gasteiger partial charge on any atom is 0.343 e. The van der Waals surface area contributed by atoms with E-state index in [0.717, 1.165) is 44.3 Å². The number of hydrogen-bond acceptors (Lipinski definition) is 5. The van der Waals surface area contributed by atoms with Gasteiger partial charge in [0.05, 0.1) is 18.1 Å². The smallest absolute Gasteiger partial charge is 0.343 e. The van der Waals surface area contributed by atoms with E-state index >= 15 is 0 Å². The Morgan fingerprint density at radius 2 is 1.39 bits per heavy atom. The van der Waals surface area contributed by atoms with E-state index in [-0.39, 0.29) is 11.9 Å². The molecule has 1 saturated carbocycles. The van der Waals surface area contributed by atoms with Crippen molar-refractivity contribution in [1.82, 2.24) is 0 Å². The summed E-state index contributed by atoms with van der Waals surface area (Å²) in [4.78, 5) is 25.2. The van der Waals surface area contributed by atoms with Crippen LogP contribution in [0.1, 0.15) is 101 Å². The Morgan fingerprint density at radius 3 is 2.05 bits per heavy atom. The van der Waals surface area contributed by atoms with E-state index in [1.807, 2.05) is 6.08 Å². The normalized spacial score (nSPS) is 17.0. The molecule has 5 nitrogen and oxygen atoms in total. The molecular formula is C33H44O5. The van der Waals surface area contributed by atoms with Crippen molar-refractivity contribution in [2.45, 2.75) is 90.4 Å². The molecule has 0 amide bonds. The average Bonchev–Trinajstić information content (AvgIpc) is 2.94. The molecule has 206 valence electrons. The number of esters is 2. The van der Waals surface area contributed by atoms with E-state index in [2.05, 4.69) is 13.5 Å². The summed E-state index contributed by atoms with van der Waals surface area (Å²) in [5.74, 6) is 1.68. The Hall–Kier alpha value is -3.08. The van der Waals surface area contributed by atoms with Gasteiger partial charge in [0.1, 0.15) is 17.2 Å².